The Kier molecular flexibility index (Phi) is 6.69. The third-order valence-electron chi connectivity index (χ3n) is 4.49. The van der Waals surface area contributed by atoms with Crippen LogP contribution in [0.3, 0.4) is 0 Å². The van der Waals surface area contributed by atoms with Crippen molar-refractivity contribution in [2.24, 2.45) is 5.10 Å². The summed E-state index contributed by atoms with van der Waals surface area (Å²) in [5.74, 6) is 1.17. The van der Waals surface area contributed by atoms with Crippen molar-refractivity contribution in [3.63, 3.8) is 0 Å². The average Bonchev–Trinajstić information content (AvgIpc) is 3.19. The molecule has 1 amide bonds. The predicted octanol–water partition coefficient (Wildman–Crippen LogP) is 2.25. The van der Waals surface area contributed by atoms with Crippen LogP contribution < -0.4 is 25.8 Å². The maximum absolute atomic E-state index is 12.4. The van der Waals surface area contributed by atoms with Crippen molar-refractivity contribution in [1.82, 2.24) is 16.3 Å². The molecule has 4 N–H and O–H groups in total. The van der Waals surface area contributed by atoms with Gasteiger partial charge in [-0.2, -0.15) is 5.10 Å². The standard InChI is InChI=1S/C21H26N4O4/c1-13(2)29-19-9-8-14(10-20(19)28-3)16-11-17(24-23-16)21(27)25-22-12-15-6-4-5-7-18(15)26/h4-10,12-13,16-17,23-24,26H,11H2,1-3H3,(H,25,27)/b22-12+. The molecule has 29 heavy (non-hydrogen) atoms. The van der Waals surface area contributed by atoms with Crippen LogP contribution in [0.15, 0.2) is 47.6 Å². The summed E-state index contributed by atoms with van der Waals surface area (Å²) in [5, 5.41) is 13.6. The number of nitrogens with zero attached hydrogens (tertiary/aromatic N) is 1. The van der Waals surface area contributed by atoms with Crippen molar-refractivity contribution in [3.05, 3.63) is 53.6 Å². The highest BCUT2D eigenvalue weighted by Gasteiger charge is 2.30. The van der Waals surface area contributed by atoms with E-state index >= 15 is 0 Å². The Morgan fingerprint density at radius 2 is 2.03 bits per heavy atom. The van der Waals surface area contributed by atoms with Crippen LogP contribution in [0.1, 0.15) is 37.4 Å². The van der Waals surface area contributed by atoms with Gasteiger partial charge in [0, 0.05) is 11.6 Å². The molecule has 1 aliphatic heterocycles. The van der Waals surface area contributed by atoms with Gasteiger partial charge in [0.2, 0.25) is 0 Å². The second kappa shape index (κ2) is 9.40. The molecule has 1 saturated heterocycles. The van der Waals surface area contributed by atoms with Gasteiger partial charge in [-0.1, -0.05) is 18.2 Å². The molecule has 0 aromatic heterocycles. The van der Waals surface area contributed by atoms with E-state index < -0.39 is 6.04 Å². The number of phenols is 1. The van der Waals surface area contributed by atoms with E-state index in [0.29, 0.717) is 23.5 Å². The Bertz CT molecular complexity index is 885. The lowest BCUT2D eigenvalue weighted by Crippen LogP contribution is -2.41. The average molecular weight is 398 g/mol. The van der Waals surface area contributed by atoms with Crippen molar-refractivity contribution in [2.75, 3.05) is 7.11 Å². The molecule has 1 fully saturated rings. The monoisotopic (exact) mass is 398 g/mol. The van der Waals surface area contributed by atoms with E-state index in [2.05, 4.69) is 21.4 Å². The van der Waals surface area contributed by atoms with Crippen LogP contribution in [-0.2, 0) is 4.79 Å². The molecule has 2 atom stereocenters. The van der Waals surface area contributed by atoms with E-state index in [0.717, 1.165) is 5.56 Å². The van der Waals surface area contributed by atoms with Gasteiger partial charge in [-0.25, -0.2) is 16.3 Å². The van der Waals surface area contributed by atoms with Gasteiger partial charge in [0.05, 0.1) is 19.4 Å². The van der Waals surface area contributed by atoms with E-state index in [-0.39, 0.29) is 23.8 Å². The Morgan fingerprint density at radius 1 is 1.24 bits per heavy atom. The summed E-state index contributed by atoms with van der Waals surface area (Å²) in [7, 11) is 1.60. The van der Waals surface area contributed by atoms with Crippen LogP contribution in [0.25, 0.3) is 0 Å². The normalized spacial score (nSPS) is 18.9. The first-order valence-electron chi connectivity index (χ1n) is 9.44. The van der Waals surface area contributed by atoms with Crippen molar-refractivity contribution in [1.29, 1.82) is 0 Å². The van der Waals surface area contributed by atoms with Crippen LogP contribution >= 0.6 is 0 Å². The number of carbonyl (C=O) groups excluding carboxylic acids is 1. The van der Waals surface area contributed by atoms with E-state index in [1.807, 2.05) is 32.0 Å². The quantitative estimate of drug-likeness (QED) is 0.421. The van der Waals surface area contributed by atoms with Crippen molar-refractivity contribution in [2.45, 2.75) is 38.5 Å². The SMILES string of the molecule is COc1cc(C2CC(C(=O)N/N=C/c3ccccc3O)NN2)ccc1OC(C)C. The Labute approximate surface area is 169 Å². The number of amides is 1. The fraction of sp³-hybridized carbons (Fsp3) is 0.333. The molecular formula is C21H26N4O4. The summed E-state index contributed by atoms with van der Waals surface area (Å²) in [6.07, 6.45) is 2.00. The van der Waals surface area contributed by atoms with Crippen LogP contribution in [-0.4, -0.2) is 36.5 Å². The minimum Gasteiger partial charge on any atom is -0.507 e. The summed E-state index contributed by atoms with van der Waals surface area (Å²) in [6, 6.07) is 12.0. The van der Waals surface area contributed by atoms with Crippen LogP contribution in [0.5, 0.6) is 17.2 Å². The lowest BCUT2D eigenvalue weighted by atomic mass is 10.0. The number of aromatic hydroxyl groups is 1. The summed E-state index contributed by atoms with van der Waals surface area (Å²) in [5.41, 5.74) is 10.1. The number of hydrogen-bond donors (Lipinski definition) is 4. The highest BCUT2D eigenvalue weighted by Crippen LogP contribution is 2.33. The number of para-hydroxylation sites is 1. The Hall–Kier alpha value is -3.10. The van der Waals surface area contributed by atoms with E-state index in [9.17, 15) is 9.90 Å². The van der Waals surface area contributed by atoms with Crippen molar-refractivity contribution >= 4 is 12.1 Å². The van der Waals surface area contributed by atoms with Gasteiger partial charge in [-0.05, 0) is 50.1 Å². The Balaban J connectivity index is 1.59. The molecule has 0 bridgehead atoms. The topological polar surface area (TPSA) is 104 Å². The Morgan fingerprint density at radius 3 is 2.76 bits per heavy atom. The maximum atomic E-state index is 12.4. The van der Waals surface area contributed by atoms with Crippen LogP contribution in [0.4, 0.5) is 0 Å². The first-order valence-corrected chi connectivity index (χ1v) is 9.44. The molecule has 154 valence electrons. The number of methoxy groups -OCH3 is 1. The van der Waals surface area contributed by atoms with E-state index in [4.69, 9.17) is 9.47 Å². The van der Waals surface area contributed by atoms with Gasteiger partial charge in [0.1, 0.15) is 11.8 Å². The van der Waals surface area contributed by atoms with Crippen molar-refractivity contribution in [3.8, 4) is 17.2 Å². The molecule has 3 rings (SSSR count). The molecule has 2 unspecified atom stereocenters. The zero-order chi connectivity index (χ0) is 20.8. The van der Waals surface area contributed by atoms with E-state index in [1.165, 1.54) is 6.21 Å². The molecule has 0 aliphatic carbocycles. The summed E-state index contributed by atoms with van der Waals surface area (Å²) < 4.78 is 11.2. The first kappa shape index (κ1) is 20.6. The van der Waals surface area contributed by atoms with E-state index in [1.54, 1.807) is 31.4 Å². The highest BCUT2D eigenvalue weighted by molar-refractivity contribution is 5.86. The fourth-order valence-corrected chi connectivity index (χ4v) is 3.04. The number of benzene rings is 2. The highest BCUT2D eigenvalue weighted by atomic mass is 16.5. The second-order valence-electron chi connectivity index (χ2n) is 7.00. The van der Waals surface area contributed by atoms with Gasteiger partial charge in [-0.15, -0.1) is 0 Å². The molecule has 2 aromatic rings. The molecular weight excluding hydrogens is 372 g/mol. The lowest BCUT2D eigenvalue weighted by molar-refractivity contribution is -0.122. The number of hydrazine groups is 1. The summed E-state index contributed by atoms with van der Waals surface area (Å²) in [6.45, 7) is 3.92. The number of nitrogens with one attached hydrogen (secondary N) is 3. The number of hydrogen-bond acceptors (Lipinski definition) is 7. The smallest absolute Gasteiger partial charge is 0.258 e. The molecule has 0 radical (unpaired) electrons. The minimum atomic E-state index is -0.445. The zero-order valence-electron chi connectivity index (χ0n) is 16.7. The molecule has 8 heteroatoms. The fourth-order valence-electron chi connectivity index (χ4n) is 3.04. The molecule has 1 aliphatic rings. The summed E-state index contributed by atoms with van der Waals surface area (Å²) >= 11 is 0. The van der Waals surface area contributed by atoms with Gasteiger partial charge in [0.15, 0.2) is 11.5 Å². The molecule has 8 nitrogen and oxygen atoms in total. The zero-order valence-corrected chi connectivity index (χ0v) is 16.7. The second-order valence-corrected chi connectivity index (χ2v) is 7.00. The maximum Gasteiger partial charge on any atom is 0.258 e. The van der Waals surface area contributed by atoms with Crippen LogP contribution in [0, 0.1) is 0 Å². The number of hydrazone groups is 1. The molecule has 0 spiro atoms. The number of phenolic OH excluding ortho intramolecular Hbond substituents is 1. The molecule has 1 heterocycles. The predicted molar refractivity (Wildman–Crippen MR) is 110 cm³/mol. The number of carbonyl (C=O) groups is 1. The minimum absolute atomic E-state index is 0.0486. The lowest BCUT2D eigenvalue weighted by Gasteiger charge is -2.16. The largest absolute Gasteiger partial charge is 0.507 e. The number of rotatable bonds is 7. The van der Waals surface area contributed by atoms with Gasteiger partial charge in [-0.3, -0.25) is 4.79 Å². The van der Waals surface area contributed by atoms with Crippen molar-refractivity contribution < 1.29 is 19.4 Å². The van der Waals surface area contributed by atoms with Gasteiger partial charge < -0.3 is 14.6 Å². The third-order valence-corrected chi connectivity index (χ3v) is 4.49. The van der Waals surface area contributed by atoms with Crippen LogP contribution in [0.2, 0.25) is 0 Å². The molecule has 2 aromatic carbocycles. The molecule has 0 saturated carbocycles. The summed E-state index contributed by atoms with van der Waals surface area (Å²) in [4.78, 5) is 12.4. The van der Waals surface area contributed by atoms with Gasteiger partial charge in [0.25, 0.3) is 5.91 Å². The van der Waals surface area contributed by atoms with Gasteiger partial charge >= 0.3 is 0 Å². The third kappa shape index (κ3) is 5.24. The first-order chi connectivity index (χ1) is 14.0. The number of ether oxygens (including phenoxy) is 2.